The summed E-state index contributed by atoms with van der Waals surface area (Å²) >= 11 is 0. The fourth-order valence-corrected chi connectivity index (χ4v) is 2.19. The van der Waals surface area contributed by atoms with Gasteiger partial charge in [-0.1, -0.05) is 36.4 Å². The van der Waals surface area contributed by atoms with Gasteiger partial charge in [0.1, 0.15) is 0 Å². The fraction of sp³-hybridized carbons (Fsp3) is 0.167. The molecule has 0 radical (unpaired) electrons. The van der Waals surface area contributed by atoms with Gasteiger partial charge in [-0.25, -0.2) is 0 Å². The fourth-order valence-electron chi connectivity index (χ4n) is 2.19. The molecule has 3 rings (SSSR count). The predicted octanol–water partition coefficient (Wildman–Crippen LogP) is 3.10. The van der Waals surface area contributed by atoms with E-state index in [2.05, 4.69) is 36.4 Å². The topological polar surface area (TPSA) is 35.0 Å². The highest BCUT2D eigenvalue weighted by molar-refractivity contribution is 5.90. The molecule has 0 atom stereocenters. The standard InChI is InChI=1S/C12H10.H3N/c1-3-9-4-2-6-11-8-7-10(5-1)12(9)11;/h1-6H,7-8H2;1H3. The lowest BCUT2D eigenvalue weighted by Gasteiger charge is -1.99. The normalized spacial score (nSPS) is 12.9. The zero-order valence-electron chi connectivity index (χ0n) is 7.59. The van der Waals surface area contributed by atoms with Gasteiger partial charge in [0.2, 0.25) is 0 Å². The molecule has 0 saturated carbocycles. The van der Waals surface area contributed by atoms with E-state index in [9.17, 15) is 0 Å². The van der Waals surface area contributed by atoms with Crippen LogP contribution < -0.4 is 6.15 Å². The van der Waals surface area contributed by atoms with Crippen LogP contribution in [0.3, 0.4) is 0 Å². The molecule has 1 heteroatoms. The molecule has 0 aliphatic heterocycles. The largest absolute Gasteiger partial charge is 0.344 e. The number of benzene rings is 2. The molecule has 1 aliphatic carbocycles. The van der Waals surface area contributed by atoms with Crippen molar-refractivity contribution in [2.45, 2.75) is 12.8 Å². The summed E-state index contributed by atoms with van der Waals surface area (Å²) in [5, 5.41) is 2.92. The van der Waals surface area contributed by atoms with E-state index in [-0.39, 0.29) is 6.15 Å². The van der Waals surface area contributed by atoms with Crippen LogP contribution in [0.15, 0.2) is 36.4 Å². The molecular weight excluding hydrogens is 158 g/mol. The van der Waals surface area contributed by atoms with Crippen LogP contribution in [0.4, 0.5) is 0 Å². The average molecular weight is 171 g/mol. The van der Waals surface area contributed by atoms with Gasteiger partial charge < -0.3 is 6.15 Å². The maximum atomic E-state index is 2.25. The molecule has 1 aliphatic rings. The summed E-state index contributed by atoms with van der Waals surface area (Å²) < 4.78 is 0. The van der Waals surface area contributed by atoms with Gasteiger partial charge in [0.25, 0.3) is 0 Å². The number of aryl methyl sites for hydroxylation is 2. The molecule has 1 nitrogen and oxygen atoms in total. The predicted molar refractivity (Wildman–Crippen MR) is 56.4 cm³/mol. The van der Waals surface area contributed by atoms with Crippen molar-refractivity contribution in [1.29, 1.82) is 0 Å². The number of hydrogen-bond donors (Lipinski definition) is 1. The van der Waals surface area contributed by atoms with Crippen molar-refractivity contribution >= 4 is 10.8 Å². The van der Waals surface area contributed by atoms with Crippen LogP contribution in [-0.4, -0.2) is 0 Å². The minimum absolute atomic E-state index is 0. The van der Waals surface area contributed by atoms with Gasteiger partial charge in [-0.3, -0.25) is 0 Å². The van der Waals surface area contributed by atoms with Crippen molar-refractivity contribution in [2.75, 3.05) is 0 Å². The first-order valence-corrected chi connectivity index (χ1v) is 4.45. The minimum Gasteiger partial charge on any atom is -0.344 e. The molecule has 2 aromatic rings. The van der Waals surface area contributed by atoms with E-state index in [4.69, 9.17) is 0 Å². The van der Waals surface area contributed by atoms with Crippen LogP contribution in [0.2, 0.25) is 0 Å². The van der Waals surface area contributed by atoms with Crippen LogP contribution in [0, 0.1) is 0 Å². The highest BCUT2D eigenvalue weighted by Crippen LogP contribution is 2.29. The van der Waals surface area contributed by atoms with Crippen molar-refractivity contribution in [2.24, 2.45) is 0 Å². The van der Waals surface area contributed by atoms with Gasteiger partial charge in [-0.15, -0.1) is 0 Å². The van der Waals surface area contributed by atoms with Gasteiger partial charge in [-0.2, -0.15) is 0 Å². The molecule has 0 saturated heterocycles. The zero-order chi connectivity index (χ0) is 7.97. The van der Waals surface area contributed by atoms with E-state index in [1.807, 2.05) is 0 Å². The Balaban J connectivity index is 0.000000653. The second-order valence-electron chi connectivity index (χ2n) is 3.43. The summed E-state index contributed by atoms with van der Waals surface area (Å²) in [6, 6.07) is 13.2. The first-order valence-electron chi connectivity index (χ1n) is 4.45. The van der Waals surface area contributed by atoms with Crippen molar-refractivity contribution in [3.63, 3.8) is 0 Å². The maximum absolute atomic E-state index is 2.25. The van der Waals surface area contributed by atoms with E-state index in [0.717, 1.165) is 0 Å². The molecule has 0 heterocycles. The Labute approximate surface area is 78.0 Å². The molecule has 13 heavy (non-hydrogen) atoms. The maximum Gasteiger partial charge on any atom is -0.0120 e. The molecule has 0 fully saturated rings. The van der Waals surface area contributed by atoms with Crippen molar-refractivity contribution in [1.82, 2.24) is 6.15 Å². The lowest BCUT2D eigenvalue weighted by molar-refractivity contribution is 1.02. The van der Waals surface area contributed by atoms with E-state index in [0.29, 0.717) is 0 Å². The molecule has 3 N–H and O–H groups in total. The van der Waals surface area contributed by atoms with Gasteiger partial charge in [-0.05, 0) is 34.7 Å². The molecular formula is C12H13N. The molecule has 0 amide bonds. The highest BCUT2D eigenvalue weighted by Gasteiger charge is 2.11. The second kappa shape index (κ2) is 2.86. The highest BCUT2D eigenvalue weighted by atomic mass is 14.2. The number of rotatable bonds is 0. The molecule has 0 bridgehead atoms. The summed E-state index contributed by atoms with van der Waals surface area (Å²) in [5.41, 5.74) is 3.06. The Morgan fingerprint density at radius 2 is 1.31 bits per heavy atom. The van der Waals surface area contributed by atoms with Gasteiger partial charge in [0.15, 0.2) is 0 Å². The molecule has 0 aromatic heterocycles. The summed E-state index contributed by atoms with van der Waals surface area (Å²) in [6.07, 6.45) is 2.47. The van der Waals surface area contributed by atoms with Crippen LogP contribution in [0.1, 0.15) is 11.1 Å². The average Bonchev–Trinajstić information content (AvgIpc) is 2.52. The minimum atomic E-state index is 0. The Morgan fingerprint density at radius 1 is 0.769 bits per heavy atom. The Bertz CT molecular complexity index is 407. The van der Waals surface area contributed by atoms with Gasteiger partial charge in [0.05, 0.1) is 0 Å². The van der Waals surface area contributed by atoms with Gasteiger partial charge in [0, 0.05) is 0 Å². The third-order valence-corrected chi connectivity index (χ3v) is 2.74. The molecule has 2 aromatic carbocycles. The second-order valence-corrected chi connectivity index (χ2v) is 3.43. The molecule has 66 valence electrons. The third-order valence-electron chi connectivity index (χ3n) is 2.74. The van der Waals surface area contributed by atoms with E-state index in [1.165, 1.54) is 34.7 Å². The van der Waals surface area contributed by atoms with Crippen molar-refractivity contribution in [3.8, 4) is 0 Å². The van der Waals surface area contributed by atoms with E-state index < -0.39 is 0 Å². The lowest BCUT2D eigenvalue weighted by atomic mass is 10.1. The molecule has 0 unspecified atom stereocenters. The summed E-state index contributed by atoms with van der Waals surface area (Å²) in [4.78, 5) is 0. The van der Waals surface area contributed by atoms with E-state index in [1.54, 1.807) is 0 Å². The van der Waals surface area contributed by atoms with Crippen molar-refractivity contribution in [3.05, 3.63) is 47.5 Å². The quantitative estimate of drug-likeness (QED) is 0.649. The van der Waals surface area contributed by atoms with E-state index >= 15 is 0 Å². The number of hydrogen-bond acceptors (Lipinski definition) is 1. The zero-order valence-corrected chi connectivity index (χ0v) is 7.59. The van der Waals surface area contributed by atoms with Crippen LogP contribution in [0.5, 0.6) is 0 Å². The first kappa shape index (κ1) is 8.27. The third kappa shape index (κ3) is 1.04. The van der Waals surface area contributed by atoms with Crippen LogP contribution in [-0.2, 0) is 12.8 Å². The SMILES string of the molecule is N.c1cc2c3c(cccc3c1)CC2. The van der Waals surface area contributed by atoms with Crippen LogP contribution >= 0.6 is 0 Å². The van der Waals surface area contributed by atoms with Crippen molar-refractivity contribution < 1.29 is 0 Å². The summed E-state index contributed by atoms with van der Waals surface area (Å²) in [7, 11) is 0. The first-order chi connectivity index (χ1) is 5.95. The lowest BCUT2D eigenvalue weighted by Crippen LogP contribution is -1.76. The molecule has 0 spiro atoms. The monoisotopic (exact) mass is 171 g/mol. The summed E-state index contributed by atoms with van der Waals surface area (Å²) in [5.74, 6) is 0. The Hall–Kier alpha value is -1.34. The van der Waals surface area contributed by atoms with Crippen LogP contribution in [0.25, 0.3) is 10.8 Å². The Kier molecular flexibility index (Phi) is 1.82. The van der Waals surface area contributed by atoms with Gasteiger partial charge >= 0.3 is 0 Å². The summed E-state index contributed by atoms with van der Waals surface area (Å²) in [6.45, 7) is 0. The smallest absolute Gasteiger partial charge is 0.0120 e. The Morgan fingerprint density at radius 3 is 1.85 bits per heavy atom.